The Morgan fingerprint density at radius 2 is 1.93 bits per heavy atom. The maximum absolute atomic E-state index is 12.5. The first-order valence-electron chi connectivity index (χ1n) is 9.52. The van der Waals surface area contributed by atoms with Crippen LogP contribution in [0, 0.1) is 13.8 Å². The Bertz CT molecular complexity index is 1110. The summed E-state index contributed by atoms with van der Waals surface area (Å²) in [6.45, 7) is 4.31. The van der Waals surface area contributed by atoms with E-state index < -0.39 is 10.8 Å². The fraction of sp³-hybridized carbons (Fsp3) is 0.273. The summed E-state index contributed by atoms with van der Waals surface area (Å²) in [6, 6.07) is 13.3. The van der Waals surface area contributed by atoms with E-state index in [1.54, 1.807) is 13.0 Å². The zero-order chi connectivity index (χ0) is 21.1. The summed E-state index contributed by atoms with van der Waals surface area (Å²) >= 11 is 0. The zero-order valence-corrected chi connectivity index (χ0v) is 17.6. The lowest BCUT2D eigenvalue weighted by Crippen LogP contribution is -2.28. The summed E-state index contributed by atoms with van der Waals surface area (Å²) in [5.74, 6) is 2.25. The van der Waals surface area contributed by atoms with Crippen LogP contribution in [0.15, 0.2) is 46.9 Å². The van der Waals surface area contributed by atoms with Gasteiger partial charge in [-0.05, 0) is 43.2 Å². The van der Waals surface area contributed by atoms with Crippen molar-refractivity contribution in [2.24, 2.45) is 0 Å². The molecule has 1 aromatic heterocycles. The Labute approximate surface area is 176 Å². The van der Waals surface area contributed by atoms with Gasteiger partial charge in [0.05, 0.1) is 11.4 Å². The van der Waals surface area contributed by atoms with Gasteiger partial charge < -0.3 is 19.2 Å². The zero-order valence-electron chi connectivity index (χ0n) is 16.8. The summed E-state index contributed by atoms with van der Waals surface area (Å²) in [5, 5.41) is 2.79. The lowest BCUT2D eigenvalue weighted by Gasteiger charge is -2.06. The third kappa shape index (κ3) is 4.54. The van der Waals surface area contributed by atoms with E-state index in [2.05, 4.69) is 10.3 Å². The van der Waals surface area contributed by atoms with Crippen LogP contribution in [0.25, 0.3) is 11.5 Å². The van der Waals surface area contributed by atoms with E-state index in [1.165, 1.54) is 0 Å². The summed E-state index contributed by atoms with van der Waals surface area (Å²) in [5.41, 5.74) is 3.44. The van der Waals surface area contributed by atoms with Gasteiger partial charge in [-0.2, -0.15) is 0 Å². The molecule has 0 radical (unpaired) electrons. The van der Waals surface area contributed by atoms with E-state index >= 15 is 0 Å². The maximum Gasteiger partial charge on any atom is 0.232 e. The minimum absolute atomic E-state index is 0.101. The predicted octanol–water partition coefficient (Wildman–Crippen LogP) is 3.25. The van der Waals surface area contributed by atoms with Gasteiger partial charge in [-0.15, -0.1) is 0 Å². The van der Waals surface area contributed by atoms with E-state index in [-0.39, 0.29) is 24.2 Å². The van der Waals surface area contributed by atoms with Gasteiger partial charge in [-0.1, -0.05) is 24.3 Å². The van der Waals surface area contributed by atoms with Crippen LogP contribution in [0.3, 0.4) is 0 Å². The molecular formula is C22H22N2O5S. The normalized spacial score (nSPS) is 13.3. The number of nitrogens with one attached hydrogen (secondary N) is 1. The maximum atomic E-state index is 12.5. The van der Waals surface area contributed by atoms with E-state index in [0.29, 0.717) is 35.4 Å². The molecular weight excluding hydrogens is 404 g/mol. The van der Waals surface area contributed by atoms with Crippen LogP contribution in [0.2, 0.25) is 0 Å². The molecule has 1 aliphatic heterocycles. The number of hydrogen-bond acceptors (Lipinski definition) is 6. The molecule has 1 amide bonds. The van der Waals surface area contributed by atoms with Crippen LogP contribution in [0.4, 0.5) is 0 Å². The second kappa shape index (κ2) is 8.71. The van der Waals surface area contributed by atoms with Crippen LogP contribution >= 0.6 is 0 Å². The number of fused-ring (bicyclic) bond motifs is 1. The van der Waals surface area contributed by atoms with Gasteiger partial charge in [-0.25, -0.2) is 4.98 Å². The highest BCUT2D eigenvalue weighted by atomic mass is 32.2. The van der Waals surface area contributed by atoms with Gasteiger partial charge in [0.25, 0.3) is 0 Å². The molecule has 0 bridgehead atoms. The second-order valence-corrected chi connectivity index (χ2v) is 8.49. The number of hydrogen-bond donors (Lipinski definition) is 1. The molecule has 8 heteroatoms. The molecule has 156 valence electrons. The van der Waals surface area contributed by atoms with Gasteiger partial charge in [0.1, 0.15) is 11.5 Å². The molecule has 3 aromatic rings. The van der Waals surface area contributed by atoms with Gasteiger partial charge >= 0.3 is 0 Å². The predicted molar refractivity (Wildman–Crippen MR) is 113 cm³/mol. The fourth-order valence-corrected chi connectivity index (χ4v) is 4.21. The summed E-state index contributed by atoms with van der Waals surface area (Å²) in [6.07, 6.45) is 0. The van der Waals surface area contributed by atoms with Crippen molar-refractivity contribution in [3.05, 3.63) is 65.0 Å². The van der Waals surface area contributed by atoms with E-state index in [9.17, 15) is 9.00 Å². The number of aryl methyl sites for hydroxylation is 2. The monoisotopic (exact) mass is 426 g/mol. The number of carbonyl (C=O) groups is 1. The Kier molecular flexibility index (Phi) is 5.85. The molecule has 0 saturated heterocycles. The molecule has 1 atom stereocenters. The van der Waals surface area contributed by atoms with Crippen LogP contribution in [0.5, 0.6) is 11.5 Å². The summed E-state index contributed by atoms with van der Waals surface area (Å²) in [4.78, 5) is 16.7. The molecule has 0 aliphatic carbocycles. The van der Waals surface area contributed by atoms with Crippen molar-refractivity contribution < 1.29 is 22.9 Å². The molecule has 0 fully saturated rings. The van der Waals surface area contributed by atoms with E-state index in [0.717, 1.165) is 16.7 Å². The molecule has 2 aromatic carbocycles. The SMILES string of the molecule is Cc1ccccc1-c1nc(C[S@](=O)CC(=O)NCc2ccc3c(c2)OCO3)c(C)o1. The molecule has 30 heavy (non-hydrogen) atoms. The van der Waals surface area contributed by atoms with Crippen LogP contribution in [-0.4, -0.2) is 27.6 Å². The number of rotatable bonds is 7. The first kappa shape index (κ1) is 20.2. The lowest BCUT2D eigenvalue weighted by molar-refractivity contribution is -0.118. The van der Waals surface area contributed by atoms with E-state index in [1.807, 2.05) is 43.3 Å². The van der Waals surface area contributed by atoms with Crippen LogP contribution in [0.1, 0.15) is 22.6 Å². The number of benzene rings is 2. The van der Waals surface area contributed by atoms with Crippen LogP contribution in [-0.2, 0) is 27.9 Å². The molecule has 1 N–H and O–H groups in total. The van der Waals surface area contributed by atoms with Gasteiger partial charge in [0.2, 0.25) is 18.6 Å². The van der Waals surface area contributed by atoms with E-state index in [4.69, 9.17) is 13.9 Å². The summed E-state index contributed by atoms with van der Waals surface area (Å²) in [7, 11) is -1.40. The van der Waals surface area contributed by atoms with Crippen molar-refractivity contribution in [2.75, 3.05) is 12.5 Å². The van der Waals surface area contributed by atoms with Crippen LogP contribution < -0.4 is 14.8 Å². The minimum Gasteiger partial charge on any atom is -0.454 e. The van der Waals surface area contributed by atoms with Gasteiger partial charge in [0, 0.05) is 22.9 Å². The third-order valence-electron chi connectivity index (χ3n) is 4.78. The first-order valence-corrected chi connectivity index (χ1v) is 11.0. The van der Waals surface area contributed by atoms with Crippen molar-refractivity contribution in [3.63, 3.8) is 0 Å². The molecule has 0 spiro atoms. The van der Waals surface area contributed by atoms with Gasteiger partial charge in [0.15, 0.2) is 11.5 Å². The topological polar surface area (TPSA) is 90.7 Å². The molecule has 7 nitrogen and oxygen atoms in total. The van der Waals surface area contributed by atoms with Gasteiger partial charge in [-0.3, -0.25) is 9.00 Å². The highest BCUT2D eigenvalue weighted by Crippen LogP contribution is 2.32. The highest BCUT2D eigenvalue weighted by molar-refractivity contribution is 7.84. The molecule has 1 aliphatic rings. The Hall–Kier alpha value is -3.13. The first-order chi connectivity index (χ1) is 14.5. The molecule has 0 saturated carbocycles. The fourth-order valence-electron chi connectivity index (χ4n) is 3.14. The number of nitrogens with zero attached hydrogens (tertiary/aromatic N) is 1. The molecule has 2 heterocycles. The standard InChI is InChI=1S/C22H22N2O5S/c1-14-5-3-4-6-17(14)22-24-18(15(2)29-22)11-30(26)12-21(25)23-10-16-7-8-19-20(9-16)28-13-27-19/h3-9H,10-13H2,1-2H3,(H,23,25)/t30-/m0/s1. The third-order valence-corrected chi connectivity index (χ3v) is 5.96. The minimum atomic E-state index is -1.40. The Morgan fingerprint density at radius 1 is 1.13 bits per heavy atom. The number of ether oxygens (including phenoxy) is 2. The van der Waals surface area contributed by atoms with Crippen molar-refractivity contribution in [3.8, 4) is 23.0 Å². The average Bonchev–Trinajstić information content (AvgIpc) is 3.33. The Balaban J connectivity index is 1.32. The number of aromatic nitrogens is 1. The quantitative estimate of drug-likeness (QED) is 0.624. The highest BCUT2D eigenvalue weighted by Gasteiger charge is 2.17. The number of carbonyl (C=O) groups excluding carboxylic acids is 1. The lowest BCUT2D eigenvalue weighted by atomic mass is 10.1. The molecule has 0 unspecified atom stereocenters. The van der Waals surface area contributed by atoms with Crippen molar-refractivity contribution >= 4 is 16.7 Å². The average molecular weight is 426 g/mol. The van der Waals surface area contributed by atoms with Crippen molar-refractivity contribution in [1.29, 1.82) is 0 Å². The largest absolute Gasteiger partial charge is 0.454 e. The number of oxazole rings is 1. The number of amides is 1. The smallest absolute Gasteiger partial charge is 0.232 e. The Morgan fingerprint density at radius 3 is 2.77 bits per heavy atom. The second-order valence-electron chi connectivity index (χ2n) is 7.03. The summed E-state index contributed by atoms with van der Waals surface area (Å²) < 4.78 is 28.8. The van der Waals surface area contributed by atoms with Crippen molar-refractivity contribution in [1.82, 2.24) is 10.3 Å². The van der Waals surface area contributed by atoms with Crippen molar-refractivity contribution in [2.45, 2.75) is 26.1 Å². The molecule has 4 rings (SSSR count).